The van der Waals surface area contributed by atoms with Crippen molar-refractivity contribution < 1.29 is 13.6 Å². The molecule has 16 heavy (non-hydrogen) atoms. The molecule has 0 aliphatic heterocycles. The Labute approximate surface area is 92.4 Å². The van der Waals surface area contributed by atoms with Gasteiger partial charge < -0.3 is 4.90 Å². The summed E-state index contributed by atoms with van der Waals surface area (Å²) < 4.78 is 26.5. The topological polar surface area (TPSA) is 32.7 Å². The molecule has 0 amide bonds. The van der Waals surface area contributed by atoms with Crippen molar-refractivity contribution in [2.45, 2.75) is 6.42 Å². The highest BCUT2D eigenvalue weighted by Crippen LogP contribution is 2.25. The first-order valence-electron chi connectivity index (χ1n) is 4.75. The number of anilines is 1. The fourth-order valence-electron chi connectivity index (χ4n) is 1.49. The van der Waals surface area contributed by atoms with Crippen molar-refractivity contribution in [1.29, 1.82) is 0 Å². The van der Waals surface area contributed by atoms with Crippen LogP contribution in [0.4, 0.5) is 14.5 Å². The van der Waals surface area contributed by atoms with Crippen molar-refractivity contribution >= 4 is 11.8 Å². The van der Waals surface area contributed by atoms with Crippen LogP contribution < -0.4 is 4.90 Å². The molecule has 1 aromatic carbocycles. The second kappa shape index (κ2) is 5.37. The Bertz CT molecular complexity index is 426. The van der Waals surface area contributed by atoms with Gasteiger partial charge in [-0.05, 0) is 18.1 Å². The van der Waals surface area contributed by atoms with Gasteiger partial charge in [0.2, 0.25) is 6.08 Å². The summed E-state index contributed by atoms with van der Waals surface area (Å²) in [5.41, 5.74) is 0.809. The largest absolute Gasteiger partial charge is 0.375 e. The standard InChI is InChI=1S/C11H12F2N2O/c1-15(2)11-8(5-6-14-7-16)3-4-9(12)10(11)13/h3-4H,5-6H2,1-2H3. The van der Waals surface area contributed by atoms with Crippen molar-refractivity contribution in [1.82, 2.24) is 0 Å². The Hall–Kier alpha value is -1.74. The molecule has 0 aliphatic carbocycles. The predicted molar refractivity (Wildman–Crippen MR) is 57.4 cm³/mol. The van der Waals surface area contributed by atoms with E-state index >= 15 is 0 Å². The molecule has 0 saturated heterocycles. The van der Waals surface area contributed by atoms with E-state index in [1.54, 1.807) is 14.1 Å². The van der Waals surface area contributed by atoms with E-state index in [1.807, 2.05) is 0 Å². The molecule has 5 heteroatoms. The van der Waals surface area contributed by atoms with Crippen molar-refractivity contribution in [2.75, 3.05) is 25.5 Å². The fourth-order valence-corrected chi connectivity index (χ4v) is 1.49. The van der Waals surface area contributed by atoms with Gasteiger partial charge in [-0.1, -0.05) is 6.07 Å². The third-order valence-corrected chi connectivity index (χ3v) is 2.16. The van der Waals surface area contributed by atoms with E-state index in [9.17, 15) is 13.6 Å². The van der Waals surface area contributed by atoms with E-state index in [1.165, 1.54) is 17.0 Å². The van der Waals surface area contributed by atoms with Crippen LogP contribution in [0.1, 0.15) is 5.56 Å². The van der Waals surface area contributed by atoms with Gasteiger partial charge in [0.25, 0.3) is 0 Å². The van der Waals surface area contributed by atoms with Crippen LogP contribution in [0.25, 0.3) is 0 Å². The summed E-state index contributed by atoms with van der Waals surface area (Å²) in [5.74, 6) is -1.76. The summed E-state index contributed by atoms with van der Waals surface area (Å²) >= 11 is 0. The number of rotatable bonds is 4. The van der Waals surface area contributed by atoms with Gasteiger partial charge in [0.1, 0.15) is 0 Å². The summed E-state index contributed by atoms with van der Waals surface area (Å²) in [6, 6.07) is 2.57. The van der Waals surface area contributed by atoms with E-state index in [2.05, 4.69) is 4.99 Å². The zero-order chi connectivity index (χ0) is 12.1. The summed E-state index contributed by atoms with van der Waals surface area (Å²) in [5, 5.41) is 0. The summed E-state index contributed by atoms with van der Waals surface area (Å²) in [6.07, 6.45) is 1.78. The number of halogens is 2. The first-order valence-corrected chi connectivity index (χ1v) is 4.75. The maximum atomic E-state index is 13.5. The zero-order valence-corrected chi connectivity index (χ0v) is 9.13. The van der Waals surface area contributed by atoms with Gasteiger partial charge in [0.15, 0.2) is 11.6 Å². The van der Waals surface area contributed by atoms with Crippen molar-refractivity contribution in [3.8, 4) is 0 Å². The second-order valence-electron chi connectivity index (χ2n) is 3.49. The molecule has 0 saturated carbocycles. The highest BCUT2D eigenvalue weighted by molar-refractivity contribution is 5.54. The lowest BCUT2D eigenvalue weighted by Crippen LogP contribution is -2.15. The summed E-state index contributed by atoms with van der Waals surface area (Å²) in [6.45, 7) is 0.218. The van der Waals surface area contributed by atoms with Gasteiger partial charge in [0.05, 0.1) is 12.2 Å². The van der Waals surface area contributed by atoms with Crippen LogP contribution in [0, 0.1) is 11.6 Å². The zero-order valence-electron chi connectivity index (χ0n) is 9.13. The molecule has 0 unspecified atom stereocenters. The Kier molecular flexibility index (Phi) is 4.14. The number of carbonyl (C=O) groups excluding carboxylic acids is 1. The SMILES string of the molecule is CN(C)c1c(CCN=C=O)ccc(F)c1F. The molecular weight excluding hydrogens is 214 g/mol. The Balaban J connectivity index is 3.07. The monoisotopic (exact) mass is 226 g/mol. The minimum absolute atomic E-state index is 0.195. The first-order chi connectivity index (χ1) is 7.57. The van der Waals surface area contributed by atoms with Gasteiger partial charge in [-0.3, -0.25) is 0 Å². The molecule has 0 fully saturated rings. The molecule has 86 valence electrons. The van der Waals surface area contributed by atoms with Crippen LogP contribution in [-0.2, 0) is 11.2 Å². The quantitative estimate of drug-likeness (QED) is 0.580. The highest BCUT2D eigenvalue weighted by atomic mass is 19.2. The van der Waals surface area contributed by atoms with Gasteiger partial charge >= 0.3 is 0 Å². The predicted octanol–water partition coefficient (Wildman–Crippen LogP) is 1.91. The van der Waals surface area contributed by atoms with E-state index in [-0.39, 0.29) is 12.2 Å². The molecule has 0 aliphatic rings. The van der Waals surface area contributed by atoms with E-state index in [0.717, 1.165) is 6.07 Å². The summed E-state index contributed by atoms with van der Waals surface area (Å²) in [4.78, 5) is 14.8. The third-order valence-electron chi connectivity index (χ3n) is 2.16. The molecule has 0 atom stereocenters. The number of nitrogens with zero attached hydrogens (tertiary/aromatic N) is 2. The lowest BCUT2D eigenvalue weighted by Gasteiger charge is -2.18. The average Bonchev–Trinajstić information content (AvgIpc) is 2.23. The van der Waals surface area contributed by atoms with Crippen LogP contribution in [-0.4, -0.2) is 26.7 Å². The Morgan fingerprint density at radius 3 is 2.62 bits per heavy atom. The molecule has 0 bridgehead atoms. The lowest BCUT2D eigenvalue weighted by atomic mass is 10.1. The van der Waals surface area contributed by atoms with Crippen molar-refractivity contribution in [2.24, 2.45) is 4.99 Å². The van der Waals surface area contributed by atoms with Crippen molar-refractivity contribution in [3.05, 3.63) is 29.3 Å². The summed E-state index contributed by atoms with van der Waals surface area (Å²) in [7, 11) is 3.26. The van der Waals surface area contributed by atoms with Gasteiger partial charge in [-0.25, -0.2) is 18.6 Å². The maximum Gasteiger partial charge on any atom is 0.234 e. The Morgan fingerprint density at radius 2 is 2.06 bits per heavy atom. The van der Waals surface area contributed by atoms with Crippen LogP contribution in [0.15, 0.2) is 17.1 Å². The molecule has 0 N–H and O–H groups in total. The Morgan fingerprint density at radius 1 is 1.38 bits per heavy atom. The van der Waals surface area contributed by atoms with Crippen LogP contribution in [0.2, 0.25) is 0 Å². The minimum atomic E-state index is -0.883. The number of benzene rings is 1. The molecule has 3 nitrogen and oxygen atoms in total. The fraction of sp³-hybridized carbons (Fsp3) is 0.364. The van der Waals surface area contributed by atoms with Crippen LogP contribution in [0.3, 0.4) is 0 Å². The molecule has 0 aromatic heterocycles. The van der Waals surface area contributed by atoms with Gasteiger partial charge in [-0.2, -0.15) is 0 Å². The lowest BCUT2D eigenvalue weighted by molar-refractivity contribution is 0.507. The first kappa shape index (κ1) is 12.3. The molecule has 0 spiro atoms. The number of aliphatic imine (C=N–C) groups is 1. The van der Waals surface area contributed by atoms with Crippen LogP contribution >= 0.6 is 0 Å². The maximum absolute atomic E-state index is 13.5. The second-order valence-corrected chi connectivity index (χ2v) is 3.49. The highest BCUT2D eigenvalue weighted by Gasteiger charge is 2.14. The van der Waals surface area contributed by atoms with Crippen LogP contribution in [0.5, 0.6) is 0 Å². The molecular formula is C11H12F2N2O. The van der Waals surface area contributed by atoms with Gasteiger partial charge in [-0.15, -0.1) is 0 Å². The van der Waals surface area contributed by atoms with Crippen molar-refractivity contribution in [3.63, 3.8) is 0 Å². The molecule has 0 heterocycles. The van der Waals surface area contributed by atoms with E-state index < -0.39 is 11.6 Å². The number of hydrogen-bond donors (Lipinski definition) is 0. The average molecular weight is 226 g/mol. The molecule has 0 radical (unpaired) electrons. The number of hydrogen-bond acceptors (Lipinski definition) is 3. The minimum Gasteiger partial charge on any atom is -0.375 e. The van der Waals surface area contributed by atoms with Gasteiger partial charge in [0, 0.05) is 14.1 Å². The third kappa shape index (κ3) is 2.64. The van der Waals surface area contributed by atoms with E-state index in [4.69, 9.17) is 0 Å². The number of isocyanates is 1. The molecule has 1 rings (SSSR count). The normalized spacial score (nSPS) is 9.75. The smallest absolute Gasteiger partial charge is 0.234 e. The van der Waals surface area contributed by atoms with E-state index in [0.29, 0.717) is 12.0 Å². The molecule has 1 aromatic rings.